The number of anilines is 2. The summed E-state index contributed by atoms with van der Waals surface area (Å²) in [5.74, 6) is 0.0940. The van der Waals surface area contributed by atoms with Gasteiger partial charge in [-0.05, 0) is 56.5 Å². The number of nitrogens with one attached hydrogen (secondary N) is 2. The molecule has 2 aromatic heterocycles. The fraction of sp³-hybridized carbons (Fsp3) is 0.478. The Bertz CT molecular complexity index is 1130. The summed E-state index contributed by atoms with van der Waals surface area (Å²) >= 11 is 0. The van der Waals surface area contributed by atoms with Crippen molar-refractivity contribution in [2.75, 3.05) is 29.9 Å². The van der Waals surface area contributed by atoms with Gasteiger partial charge in [0.25, 0.3) is 0 Å². The average Bonchev–Trinajstić information content (AvgIpc) is 3.54. The zero-order valence-electron chi connectivity index (χ0n) is 18.9. The number of halogens is 4. The quantitative estimate of drug-likeness (QED) is 0.458. The third-order valence-corrected chi connectivity index (χ3v) is 6.63. The van der Waals surface area contributed by atoms with Gasteiger partial charge in [-0.2, -0.15) is 17.6 Å². The molecule has 1 aliphatic carbocycles. The highest BCUT2D eigenvalue weighted by Crippen LogP contribution is 2.36. The van der Waals surface area contributed by atoms with Crippen LogP contribution in [0.1, 0.15) is 42.7 Å². The van der Waals surface area contributed by atoms with E-state index in [-0.39, 0.29) is 24.2 Å². The largest absolute Gasteiger partial charge is 0.427 e. The second-order valence-electron chi connectivity index (χ2n) is 9.04. The van der Waals surface area contributed by atoms with Crippen LogP contribution in [-0.2, 0) is 18.1 Å². The molecule has 2 aliphatic rings. The molecule has 2 fully saturated rings. The van der Waals surface area contributed by atoms with Gasteiger partial charge in [0.1, 0.15) is 6.33 Å². The van der Waals surface area contributed by atoms with Crippen LogP contribution >= 0.6 is 0 Å². The van der Waals surface area contributed by atoms with Gasteiger partial charge in [-0.15, -0.1) is 10.2 Å². The van der Waals surface area contributed by atoms with Crippen LogP contribution in [0.15, 0.2) is 41.4 Å². The molecule has 0 bridgehead atoms. The Balaban J connectivity index is 1.35. The van der Waals surface area contributed by atoms with Crippen LogP contribution in [0.3, 0.4) is 0 Å². The molecule has 1 aliphatic heterocycles. The Labute approximate surface area is 199 Å². The van der Waals surface area contributed by atoms with Crippen molar-refractivity contribution in [1.29, 1.82) is 0 Å². The first-order chi connectivity index (χ1) is 16.9. The maximum atomic E-state index is 15.6. The Morgan fingerprint density at radius 3 is 2.49 bits per heavy atom. The minimum atomic E-state index is -4.40. The molecule has 186 valence electrons. The summed E-state index contributed by atoms with van der Waals surface area (Å²) in [6, 6.07) is 4.99. The second kappa shape index (κ2) is 9.40. The second-order valence-corrected chi connectivity index (χ2v) is 9.04. The molecule has 0 unspecified atom stereocenters. The third kappa shape index (κ3) is 5.07. The summed E-state index contributed by atoms with van der Waals surface area (Å²) in [7, 11) is 0. The minimum Gasteiger partial charge on any atom is -0.427 e. The van der Waals surface area contributed by atoms with Crippen LogP contribution in [0.5, 0.6) is 0 Å². The Morgan fingerprint density at radius 1 is 1.11 bits per heavy atom. The van der Waals surface area contributed by atoms with Gasteiger partial charge in [-0.3, -0.25) is 0 Å². The lowest BCUT2D eigenvalue weighted by molar-refractivity contribution is -0.137. The van der Waals surface area contributed by atoms with Crippen LogP contribution < -0.4 is 15.5 Å². The van der Waals surface area contributed by atoms with Crippen LogP contribution in [0.4, 0.5) is 29.2 Å². The van der Waals surface area contributed by atoms with Gasteiger partial charge in [0.2, 0.25) is 18.1 Å². The Kier molecular flexibility index (Phi) is 6.30. The standard InChI is InChI=1S/C23H25F4N7O/c24-18-19(29-12-22(7-9-28-10-8-22)21-33-32-14-35-21)30-13-31-20(18)34(17-5-6-17)11-15-1-3-16(4-2-15)23(25,26)27/h1-4,13-14,17,28H,5-12H2,(H,29,30,31). The van der Waals surface area contributed by atoms with Gasteiger partial charge in [0.15, 0.2) is 11.6 Å². The minimum absolute atomic E-state index is 0.0606. The van der Waals surface area contributed by atoms with Crippen molar-refractivity contribution in [3.8, 4) is 0 Å². The van der Waals surface area contributed by atoms with E-state index in [2.05, 4.69) is 30.8 Å². The van der Waals surface area contributed by atoms with Crippen LogP contribution in [0, 0.1) is 5.82 Å². The molecule has 3 aromatic rings. The molecule has 35 heavy (non-hydrogen) atoms. The van der Waals surface area contributed by atoms with E-state index in [1.54, 1.807) is 4.90 Å². The number of benzene rings is 1. The SMILES string of the molecule is Fc1c(NCC2(c3nnco3)CCNCC2)ncnc1N(Cc1ccc(C(F)(F)F)cc1)C1CC1. The average molecular weight is 491 g/mol. The first-order valence-corrected chi connectivity index (χ1v) is 11.5. The molecule has 0 spiro atoms. The van der Waals surface area contributed by atoms with Gasteiger partial charge in [0, 0.05) is 19.1 Å². The van der Waals surface area contributed by atoms with Crippen LogP contribution in [0.25, 0.3) is 0 Å². The van der Waals surface area contributed by atoms with Crippen molar-refractivity contribution >= 4 is 11.6 Å². The van der Waals surface area contributed by atoms with E-state index >= 15 is 4.39 Å². The summed E-state index contributed by atoms with van der Waals surface area (Å²) in [6.45, 7) is 2.13. The summed E-state index contributed by atoms with van der Waals surface area (Å²) in [5, 5.41) is 14.3. The fourth-order valence-corrected chi connectivity index (χ4v) is 4.47. The van der Waals surface area contributed by atoms with Gasteiger partial charge < -0.3 is 20.0 Å². The molecule has 3 heterocycles. The molecule has 1 aromatic carbocycles. The van der Waals surface area contributed by atoms with E-state index < -0.39 is 23.0 Å². The number of alkyl halides is 3. The van der Waals surface area contributed by atoms with Crippen molar-refractivity contribution in [3.63, 3.8) is 0 Å². The van der Waals surface area contributed by atoms with Gasteiger partial charge in [0.05, 0.1) is 11.0 Å². The van der Waals surface area contributed by atoms with Crippen LogP contribution in [0.2, 0.25) is 0 Å². The Morgan fingerprint density at radius 2 is 1.86 bits per heavy atom. The lowest BCUT2D eigenvalue weighted by atomic mass is 9.78. The van der Waals surface area contributed by atoms with Crippen LogP contribution in [-0.4, -0.2) is 45.8 Å². The maximum Gasteiger partial charge on any atom is 0.416 e. The predicted molar refractivity (Wildman–Crippen MR) is 119 cm³/mol. The normalized spacial score (nSPS) is 17.8. The molecule has 0 atom stereocenters. The number of aromatic nitrogens is 4. The third-order valence-electron chi connectivity index (χ3n) is 6.63. The van der Waals surface area contributed by atoms with Crippen molar-refractivity contribution in [1.82, 2.24) is 25.5 Å². The predicted octanol–water partition coefficient (Wildman–Crippen LogP) is 3.92. The molecular formula is C23H25F4N7O. The molecular weight excluding hydrogens is 466 g/mol. The molecule has 0 radical (unpaired) electrons. The first-order valence-electron chi connectivity index (χ1n) is 11.5. The topological polar surface area (TPSA) is 92.0 Å². The fourth-order valence-electron chi connectivity index (χ4n) is 4.47. The van der Waals surface area contributed by atoms with E-state index in [1.165, 1.54) is 24.9 Å². The highest BCUT2D eigenvalue weighted by Gasteiger charge is 2.39. The van der Waals surface area contributed by atoms with Crippen molar-refractivity contribution in [2.24, 2.45) is 0 Å². The van der Waals surface area contributed by atoms with E-state index in [0.717, 1.165) is 50.9 Å². The molecule has 12 heteroatoms. The summed E-state index contributed by atoms with van der Waals surface area (Å²) in [4.78, 5) is 10.1. The van der Waals surface area contributed by atoms with Crippen molar-refractivity contribution in [3.05, 3.63) is 59.8 Å². The summed E-state index contributed by atoms with van der Waals surface area (Å²) in [5.41, 5.74) is -0.523. The number of hydrogen-bond acceptors (Lipinski definition) is 8. The number of nitrogens with zero attached hydrogens (tertiary/aromatic N) is 5. The monoisotopic (exact) mass is 491 g/mol. The van der Waals surface area contributed by atoms with Gasteiger partial charge in [-0.25, -0.2) is 9.97 Å². The number of rotatable bonds is 8. The lowest BCUT2D eigenvalue weighted by Gasteiger charge is -2.34. The number of piperidine rings is 1. The smallest absolute Gasteiger partial charge is 0.416 e. The summed E-state index contributed by atoms with van der Waals surface area (Å²) in [6.07, 6.45) is 1.39. The molecule has 5 rings (SSSR count). The van der Waals surface area contributed by atoms with E-state index in [0.29, 0.717) is 18.0 Å². The van der Waals surface area contributed by atoms with Gasteiger partial charge >= 0.3 is 6.18 Å². The number of hydrogen-bond donors (Lipinski definition) is 2. The molecule has 8 nitrogen and oxygen atoms in total. The first kappa shape index (κ1) is 23.5. The molecule has 1 saturated carbocycles. The Hall–Kier alpha value is -3.28. The van der Waals surface area contributed by atoms with Crippen molar-refractivity contribution in [2.45, 2.75) is 49.9 Å². The van der Waals surface area contributed by atoms with E-state index in [9.17, 15) is 13.2 Å². The summed E-state index contributed by atoms with van der Waals surface area (Å²) < 4.78 is 59.8. The molecule has 2 N–H and O–H groups in total. The highest BCUT2D eigenvalue weighted by molar-refractivity contribution is 5.53. The van der Waals surface area contributed by atoms with Gasteiger partial charge in [-0.1, -0.05) is 12.1 Å². The van der Waals surface area contributed by atoms with Crippen molar-refractivity contribution < 1.29 is 22.0 Å². The lowest BCUT2D eigenvalue weighted by Crippen LogP contribution is -2.45. The van der Waals surface area contributed by atoms with E-state index in [4.69, 9.17) is 4.42 Å². The zero-order valence-corrected chi connectivity index (χ0v) is 18.9. The maximum absolute atomic E-state index is 15.6. The van der Waals surface area contributed by atoms with E-state index in [1.807, 2.05) is 0 Å². The highest BCUT2D eigenvalue weighted by atomic mass is 19.4. The zero-order chi connectivity index (χ0) is 24.5. The molecule has 1 saturated heterocycles. The molecule has 0 amide bonds.